The Hall–Kier alpha value is -3.88. The van der Waals surface area contributed by atoms with Gasteiger partial charge in [0.15, 0.2) is 17.4 Å². The van der Waals surface area contributed by atoms with Gasteiger partial charge in [-0.2, -0.15) is 5.21 Å². The van der Waals surface area contributed by atoms with Crippen LogP contribution in [0, 0.1) is 0 Å². The lowest BCUT2D eigenvalue weighted by molar-refractivity contribution is 0.356. The maximum Gasteiger partial charge on any atom is 0.204 e. The minimum Gasteiger partial charge on any atom is -0.494 e. The first-order valence-corrected chi connectivity index (χ1v) is 9.03. The number of tetrazole rings is 1. The highest BCUT2D eigenvalue weighted by atomic mass is 16.5. The van der Waals surface area contributed by atoms with Crippen LogP contribution in [0.3, 0.4) is 0 Å². The number of nitrogens with one attached hydrogen (secondary N) is 2. The summed E-state index contributed by atoms with van der Waals surface area (Å²) >= 11 is 0. The van der Waals surface area contributed by atoms with E-state index >= 15 is 0 Å². The number of methoxy groups -OCH3 is 2. The molecule has 0 radical (unpaired) electrons. The predicted octanol–water partition coefficient (Wildman–Crippen LogP) is 3.60. The molecule has 3 N–H and O–H groups in total. The Morgan fingerprint density at radius 1 is 1.10 bits per heavy atom. The number of aliphatic imine (C=N–C) groups is 1. The summed E-state index contributed by atoms with van der Waals surface area (Å²) in [5.74, 6) is 1.74. The summed E-state index contributed by atoms with van der Waals surface area (Å²) in [7, 11) is 3.15. The van der Waals surface area contributed by atoms with Crippen molar-refractivity contribution < 1.29 is 14.6 Å². The summed E-state index contributed by atoms with van der Waals surface area (Å²) in [4.78, 5) is 7.74. The Balaban J connectivity index is 1.77. The van der Waals surface area contributed by atoms with Crippen LogP contribution in [-0.2, 0) is 0 Å². The number of aromatic amines is 2. The van der Waals surface area contributed by atoms with Gasteiger partial charge < -0.3 is 19.6 Å². The Kier molecular flexibility index (Phi) is 4.86. The van der Waals surface area contributed by atoms with Gasteiger partial charge >= 0.3 is 0 Å². The minimum atomic E-state index is 0.0549. The highest BCUT2D eigenvalue weighted by molar-refractivity contribution is 6.14. The molecule has 4 rings (SSSR count). The van der Waals surface area contributed by atoms with Crippen molar-refractivity contribution in [3.05, 3.63) is 42.0 Å². The molecule has 4 aromatic rings. The maximum absolute atomic E-state index is 10.6. The standard InChI is InChI=1S/C20H20N6O3/c1-4-14(21-12-7-5-11(6-8-12)19-23-25-26-24-19)18-13-9-16(28-2)17(29-3)10-15(13)22-20(18)27/h5-10,22,27H,4H2,1-3H3,(H,23,24,25,26). The Morgan fingerprint density at radius 3 is 2.45 bits per heavy atom. The van der Waals surface area contributed by atoms with Crippen LogP contribution in [0.2, 0.25) is 0 Å². The minimum absolute atomic E-state index is 0.0549. The predicted molar refractivity (Wildman–Crippen MR) is 109 cm³/mol. The first-order chi connectivity index (χ1) is 14.1. The van der Waals surface area contributed by atoms with Crippen molar-refractivity contribution in [3.8, 4) is 28.8 Å². The summed E-state index contributed by atoms with van der Waals surface area (Å²) < 4.78 is 10.8. The highest BCUT2D eigenvalue weighted by Gasteiger charge is 2.18. The van der Waals surface area contributed by atoms with Gasteiger partial charge in [0.1, 0.15) is 0 Å². The van der Waals surface area contributed by atoms with Gasteiger partial charge in [0.25, 0.3) is 0 Å². The molecule has 0 amide bonds. The number of fused-ring (bicyclic) bond motifs is 1. The fourth-order valence-corrected chi connectivity index (χ4v) is 3.24. The molecule has 0 bridgehead atoms. The molecule has 2 heterocycles. The van der Waals surface area contributed by atoms with E-state index in [4.69, 9.17) is 14.5 Å². The van der Waals surface area contributed by atoms with Crippen LogP contribution in [0.4, 0.5) is 5.69 Å². The summed E-state index contributed by atoms with van der Waals surface area (Å²) in [6, 6.07) is 11.1. The molecule has 0 aliphatic rings. The number of hydrogen-bond acceptors (Lipinski definition) is 7. The third-order valence-corrected chi connectivity index (χ3v) is 4.64. The monoisotopic (exact) mass is 392 g/mol. The number of ether oxygens (including phenoxy) is 2. The van der Waals surface area contributed by atoms with Crippen molar-refractivity contribution in [1.29, 1.82) is 0 Å². The molecule has 9 nitrogen and oxygen atoms in total. The van der Waals surface area contributed by atoms with Crippen molar-refractivity contribution in [1.82, 2.24) is 25.6 Å². The molecule has 29 heavy (non-hydrogen) atoms. The number of aromatic nitrogens is 5. The molecular weight excluding hydrogens is 372 g/mol. The van der Waals surface area contributed by atoms with Crippen LogP contribution in [0.15, 0.2) is 41.4 Å². The first-order valence-electron chi connectivity index (χ1n) is 9.03. The van der Waals surface area contributed by atoms with Gasteiger partial charge in [0.2, 0.25) is 5.82 Å². The van der Waals surface area contributed by atoms with Gasteiger partial charge in [-0.25, -0.2) is 0 Å². The molecule has 9 heteroatoms. The van der Waals surface area contributed by atoms with E-state index in [0.29, 0.717) is 29.3 Å². The van der Waals surface area contributed by atoms with Gasteiger partial charge in [-0.3, -0.25) is 4.99 Å². The summed E-state index contributed by atoms with van der Waals surface area (Å²) in [6.45, 7) is 1.99. The van der Waals surface area contributed by atoms with Crippen molar-refractivity contribution >= 4 is 22.3 Å². The van der Waals surface area contributed by atoms with E-state index < -0.39 is 0 Å². The molecule has 0 saturated carbocycles. The zero-order chi connectivity index (χ0) is 20.4. The molecule has 2 aromatic heterocycles. The van der Waals surface area contributed by atoms with Crippen molar-refractivity contribution in [3.63, 3.8) is 0 Å². The summed E-state index contributed by atoms with van der Waals surface area (Å²) in [5.41, 5.74) is 3.72. The number of H-pyrrole nitrogens is 2. The van der Waals surface area contributed by atoms with Crippen molar-refractivity contribution in [2.75, 3.05) is 14.2 Å². The molecular formula is C20H20N6O3. The number of nitrogens with zero attached hydrogens (tertiary/aromatic N) is 4. The van der Waals surface area contributed by atoms with Crippen LogP contribution >= 0.6 is 0 Å². The van der Waals surface area contributed by atoms with Gasteiger partial charge in [-0.1, -0.05) is 6.92 Å². The van der Waals surface area contributed by atoms with Crippen LogP contribution in [0.25, 0.3) is 22.3 Å². The number of benzene rings is 2. The smallest absolute Gasteiger partial charge is 0.204 e. The average molecular weight is 392 g/mol. The van der Waals surface area contributed by atoms with Crippen molar-refractivity contribution in [2.45, 2.75) is 13.3 Å². The SMILES string of the molecule is CCC(=Nc1ccc(-c2nn[nH]n2)cc1)c1c(O)[nH]c2cc(OC)c(OC)cc12. The second kappa shape index (κ2) is 7.63. The summed E-state index contributed by atoms with van der Waals surface area (Å²) in [6.07, 6.45) is 0.626. The van der Waals surface area contributed by atoms with E-state index in [1.54, 1.807) is 20.3 Å². The van der Waals surface area contributed by atoms with Crippen LogP contribution in [0.5, 0.6) is 17.4 Å². The molecule has 0 saturated heterocycles. The van der Waals surface area contributed by atoms with E-state index in [9.17, 15) is 5.11 Å². The second-order valence-electron chi connectivity index (χ2n) is 6.30. The Bertz CT molecular complexity index is 1160. The van der Waals surface area contributed by atoms with Gasteiger partial charge in [-0.15, -0.1) is 10.2 Å². The topological polar surface area (TPSA) is 121 Å². The van der Waals surface area contributed by atoms with E-state index in [-0.39, 0.29) is 5.88 Å². The molecule has 0 atom stereocenters. The molecule has 2 aromatic carbocycles. The lowest BCUT2D eigenvalue weighted by Gasteiger charge is -2.09. The molecule has 0 spiro atoms. The van der Waals surface area contributed by atoms with Crippen LogP contribution < -0.4 is 9.47 Å². The lowest BCUT2D eigenvalue weighted by atomic mass is 10.1. The molecule has 0 unspecified atom stereocenters. The highest BCUT2D eigenvalue weighted by Crippen LogP contribution is 2.37. The van der Waals surface area contributed by atoms with E-state index in [1.807, 2.05) is 37.3 Å². The summed E-state index contributed by atoms with van der Waals surface area (Å²) in [5, 5.41) is 25.3. The van der Waals surface area contributed by atoms with Gasteiger partial charge in [0.05, 0.1) is 36.7 Å². The third-order valence-electron chi connectivity index (χ3n) is 4.64. The van der Waals surface area contributed by atoms with Gasteiger partial charge in [-0.05, 0) is 42.0 Å². The molecule has 0 fully saturated rings. The van der Waals surface area contributed by atoms with Gasteiger partial charge in [0, 0.05) is 17.0 Å². The zero-order valence-corrected chi connectivity index (χ0v) is 16.2. The molecule has 148 valence electrons. The Morgan fingerprint density at radius 2 is 1.83 bits per heavy atom. The van der Waals surface area contributed by atoms with E-state index in [2.05, 4.69) is 25.6 Å². The van der Waals surface area contributed by atoms with E-state index in [1.165, 1.54) is 0 Å². The maximum atomic E-state index is 10.6. The third kappa shape index (κ3) is 3.38. The van der Waals surface area contributed by atoms with E-state index in [0.717, 1.165) is 27.9 Å². The van der Waals surface area contributed by atoms with Crippen LogP contribution in [0.1, 0.15) is 18.9 Å². The first kappa shape index (κ1) is 18.5. The molecule has 0 aliphatic heterocycles. The zero-order valence-electron chi connectivity index (χ0n) is 16.2. The normalized spacial score (nSPS) is 11.8. The van der Waals surface area contributed by atoms with Crippen LogP contribution in [-0.4, -0.2) is 50.6 Å². The fourth-order valence-electron chi connectivity index (χ4n) is 3.24. The quantitative estimate of drug-likeness (QED) is 0.431. The number of aromatic hydroxyl groups is 1. The number of hydrogen-bond donors (Lipinski definition) is 3. The second-order valence-corrected chi connectivity index (χ2v) is 6.30. The fraction of sp³-hybridized carbons (Fsp3) is 0.200. The number of rotatable bonds is 6. The molecule has 0 aliphatic carbocycles. The largest absolute Gasteiger partial charge is 0.494 e. The van der Waals surface area contributed by atoms with Crippen molar-refractivity contribution in [2.24, 2.45) is 4.99 Å². The Labute approximate surface area is 166 Å². The lowest BCUT2D eigenvalue weighted by Crippen LogP contribution is -1.98. The average Bonchev–Trinajstić information content (AvgIpc) is 3.39.